The molecule has 8 heteroatoms. The van der Waals surface area contributed by atoms with E-state index in [0.29, 0.717) is 27.4 Å². The van der Waals surface area contributed by atoms with Crippen molar-refractivity contribution in [2.24, 2.45) is 0 Å². The molecular formula is C16H13Cl2N5O. The van der Waals surface area contributed by atoms with Crippen molar-refractivity contribution in [2.75, 3.05) is 16.4 Å². The number of carbonyl (C=O) groups excluding carboxylic acids is 1. The maximum Gasteiger partial charge on any atom is 0.323 e. The Morgan fingerprint density at radius 1 is 1.00 bits per heavy atom. The highest BCUT2D eigenvalue weighted by atomic mass is 35.5. The van der Waals surface area contributed by atoms with Crippen LogP contribution in [0.2, 0.25) is 10.0 Å². The molecule has 2 aromatic carbocycles. The number of urea groups is 1. The number of nitrogen functional groups attached to an aromatic ring is 1. The number of nitrogens with one attached hydrogen (secondary N) is 3. The molecule has 0 aliphatic heterocycles. The monoisotopic (exact) mass is 361 g/mol. The van der Waals surface area contributed by atoms with Gasteiger partial charge in [-0.3, -0.25) is 0 Å². The van der Waals surface area contributed by atoms with Crippen LogP contribution in [0, 0.1) is 0 Å². The minimum atomic E-state index is -0.382. The first kappa shape index (κ1) is 16.2. The van der Waals surface area contributed by atoms with E-state index in [1.807, 2.05) is 12.1 Å². The van der Waals surface area contributed by atoms with Gasteiger partial charge >= 0.3 is 6.03 Å². The van der Waals surface area contributed by atoms with Crippen molar-refractivity contribution in [3.8, 4) is 11.3 Å². The zero-order valence-corrected chi connectivity index (χ0v) is 13.8. The van der Waals surface area contributed by atoms with E-state index in [2.05, 4.69) is 20.6 Å². The molecule has 0 unspecified atom stereocenters. The van der Waals surface area contributed by atoms with Gasteiger partial charge in [0.2, 0.25) is 0 Å². The number of benzene rings is 2. The number of aromatic amines is 1. The van der Waals surface area contributed by atoms with Crippen molar-refractivity contribution in [3.05, 3.63) is 58.7 Å². The second-order valence-corrected chi connectivity index (χ2v) is 5.78. The van der Waals surface area contributed by atoms with Gasteiger partial charge in [-0.1, -0.05) is 35.3 Å². The molecule has 1 aromatic heterocycles. The summed E-state index contributed by atoms with van der Waals surface area (Å²) in [4.78, 5) is 18.9. The van der Waals surface area contributed by atoms with Gasteiger partial charge in [0.05, 0.1) is 21.9 Å². The average Bonchev–Trinajstić information content (AvgIpc) is 2.98. The molecule has 5 N–H and O–H groups in total. The number of nitrogens with zero attached hydrogens (tertiary/aromatic N) is 1. The van der Waals surface area contributed by atoms with Gasteiger partial charge in [0.15, 0.2) is 5.95 Å². The average molecular weight is 362 g/mol. The van der Waals surface area contributed by atoms with Crippen molar-refractivity contribution in [2.45, 2.75) is 0 Å². The van der Waals surface area contributed by atoms with E-state index in [9.17, 15) is 4.79 Å². The van der Waals surface area contributed by atoms with Crippen LogP contribution in [0.25, 0.3) is 11.3 Å². The summed E-state index contributed by atoms with van der Waals surface area (Å²) < 4.78 is 0. The number of aromatic nitrogens is 2. The summed E-state index contributed by atoms with van der Waals surface area (Å²) in [7, 11) is 0. The maximum atomic E-state index is 12.0. The van der Waals surface area contributed by atoms with Crippen LogP contribution in [-0.2, 0) is 0 Å². The highest BCUT2D eigenvalue weighted by molar-refractivity contribution is 6.42. The Hall–Kier alpha value is -2.70. The SMILES string of the molecule is Nc1ncc(-c2ccc(NC(=O)Nc3ccc(Cl)c(Cl)c3)cc2)[nH]1. The normalized spacial score (nSPS) is 10.4. The number of hydrogen-bond donors (Lipinski definition) is 4. The number of halogens is 2. The summed E-state index contributed by atoms with van der Waals surface area (Å²) in [5, 5.41) is 6.22. The number of imidazole rings is 1. The highest BCUT2D eigenvalue weighted by Gasteiger charge is 2.06. The number of rotatable bonds is 3. The minimum Gasteiger partial charge on any atom is -0.369 e. The van der Waals surface area contributed by atoms with Gasteiger partial charge < -0.3 is 21.4 Å². The second kappa shape index (κ2) is 6.82. The maximum absolute atomic E-state index is 12.0. The van der Waals surface area contributed by atoms with Crippen LogP contribution < -0.4 is 16.4 Å². The molecule has 0 spiro atoms. The zero-order chi connectivity index (χ0) is 17.1. The van der Waals surface area contributed by atoms with E-state index in [4.69, 9.17) is 28.9 Å². The van der Waals surface area contributed by atoms with E-state index in [1.165, 1.54) is 0 Å². The van der Waals surface area contributed by atoms with Crippen LogP contribution in [-0.4, -0.2) is 16.0 Å². The lowest BCUT2D eigenvalue weighted by atomic mass is 10.1. The predicted octanol–water partition coefficient (Wildman–Crippen LogP) is 4.61. The van der Waals surface area contributed by atoms with Gasteiger partial charge in [-0.2, -0.15) is 0 Å². The largest absolute Gasteiger partial charge is 0.369 e. The van der Waals surface area contributed by atoms with Gasteiger partial charge in [-0.05, 0) is 35.9 Å². The third kappa shape index (κ3) is 3.79. The summed E-state index contributed by atoms with van der Waals surface area (Å²) in [5.41, 5.74) is 8.46. The van der Waals surface area contributed by atoms with Crippen LogP contribution in [0.1, 0.15) is 0 Å². The smallest absolute Gasteiger partial charge is 0.323 e. The fourth-order valence-electron chi connectivity index (χ4n) is 2.08. The van der Waals surface area contributed by atoms with Crippen molar-refractivity contribution in [1.82, 2.24) is 9.97 Å². The second-order valence-electron chi connectivity index (χ2n) is 4.97. The molecule has 0 aliphatic rings. The lowest BCUT2D eigenvalue weighted by Gasteiger charge is -2.09. The summed E-state index contributed by atoms with van der Waals surface area (Å²) in [6, 6.07) is 11.7. The van der Waals surface area contributed by atoms with E-state index in [0.717, 1.165) is 11.3 Å². The lowest BCUT2D eigenvalue weighted by Crippen LogP contribution is -2.19. The molecule has 0 saturated carbocycles. The summed E-state index contributed by atoms with van der Waals surface area (Å²) in [6.45, 7) is 0. The molecule has 0 aliphatic carbocycles. The van der Waals surface area contributed by atoms with Crippen molar-refractivity contribution < 1.29 is 4.79 Å². The summed E-state index contributed by atoms with van der Waals surface area (Å²) >= 11 is 11.8. The molecule has 122 valence electrons. The Labute approximate surface area is 148 Å². The number of anilines is 3. The Kier molecular flexibility index (Phi) is 4.59. The van der Waals surface area contributed by atoms with Crippen LogP contribution in [0.3, 0.4) is 0 Å². The van der Waals surface area contributed by atoms with E-state index in [1.54, 1.807) is 36.5 Å². The molecule has 0 bridgehead atoms. The first-order valence-corrected chi connectivity index (χ1v) is 7.71. The molecule has 2 amide bonds. The Bertz CT molecular complexity index is 876. The molecule has 0 saturated heterocycles. The minimum absolute atomic E-state index is 0.355. The molecule has 0 radical (unpaired) electrons. The van der Waals surface area contributed by atoms with E-state index >= 15 is 0 Å². The molecular weight excluding hydrogens is 349 g/mol. The number of hydrogen-bond acceptors (Lipinski definition) is 3. The summed E-state index contributed by atoms with van der Waals surface area (Å²) in [6.07, 6.45) is 1.65. The van der Waals surface area contributed by atoms with Crippen LogP contribution in [0.5, 0.6) is 0 Å². The van der Waals surface area contributed by atoms with E-state index in [-0.39, 0.29) is 6.03 Å². The molecule has 0 fully saturated rings. The van der Waals surface area contributed by atoms with Gasteiger partial charge in [0.1, 0.15) is 0 Å². The number of carbonyl (C=O) groups is 1. The molecule has 3 rings (SSSR count). The van der Waals surface area contributed by atoms with Gasteiger partial charge in [-0.25, -0.2) is 9.78 Å². The first-order valence-electron chi connectivity index (χ1n) is 6.95. The van der Waals surface area contributed by atoms with Crippen LogP contribution in [0.4, 0.5) is 22.1 Å². The van der Waals surface area contributed by atoms with Crippen molar-refractivity contribution >= 4 is 46.6 Å². The predicted molar refractivity (Wildman–Crippen MR) is 97.5 cm³/mol. The third-order valence-electron chi connectivity index (χ3n) is 3.23. The van der Waals surface area contributed by atoms with E-state index < -0.39 is 0 Å². The van der Waals surface area contributed by atoms with Gasteiger partial charge in [-0.15, -0.1) is 0 Å². The van der Waals surface area contributed by atoms with Crippen LogP contribution in [0.15, 0.2) is 48.7 Å². The fourth-order valence-corrected chi connectivity index (χ4v) is 2.38. The molecule has 0 atom stereocenters. The third-order valence-corrected chi connectivity index (χ3v) is 3.97. The van der Waals surface area contributed by atoms with Gasteiger partial charge in [0, 0.05) is 11.4 Å². The molecule has 24 heavy (non-hydrogen) atoms. The molecule has 3 aromatic rings. The molecule has 6 nitrogen and oxygen atoms in total. The number of nitrogens with two attached hydrogens (primary N) is 1. The lowest BCUT2D eigenvalue weighted by molar-refractivity contribution is 0.262. The highest BCUT2D eigenvalue weighted by Crippen LogP contribution is 2.25. The van der Waals surface area contributed by atoms with Crippen LogP contribution >= 0.6 is 23.2 Å². The standard InChI is InChI=1S/C16H13Cl2N5O/c17-12-6-5-11(7-13(12)18)22-16(24)21-10-3-1-9(2-4-10)14-8-20-15(19)23-14/h1-8H,(H3,19,20,23)(H2,21,22,24). The van der Waals surface area contributed by atoms with Crippen molar-refractivity contribution in [1.29, 1.82) is 0 Å². The van der Waals surface area contributed by atoms with Crippen molar-refractivity contribution in [3.63, 3.8) is 0 Å². The first-order chi connectivity index (χ1) is 11.5. The number of H-pyrrole nitrogens is 1. The summed E-state index contributed by atoms with van der Waals surface area (Å²) in [5.74, 6) is 0.355. The Morgan fingerprint density at radius 3 is 2.29 bits per heavy atom. The number of amides is 2. The quantitative estimate of drug-likeness (QED) is 0.548. The zero-order valence-electron chi connectivity index (χ0n) is 12.3. The Morgan fingerprint density at radius 2 is 1.67 bits per heavy atom. The van der Waals surface area contributed by atoms with Gasteiger partial charge in [0.25, 0.3) is 0 Å². The Balaban J connectivity index is 1.65. The topological polar surface area (TPSA) is 95.8 Å². The fraction of sp³-hybridized carbons (Fsp3) is 0. The molecule has 1 heterocycles.